The van der Waals surface area contributed by atoms with E-state index >= 15 is 0 Å². The first kappa shape index (κ1) is 23.2. The predicted molar refractivity (Wildman–Crippen MR) is 122 cm³/mol. The van der Waals surface area contributed by atoms with Crippen molar-refractivity contribution in [3.63, 3.8) is 0 Å². The van der Waals surface area contributed by atoms with Gasteiger partial charge in [-0.3, -0.25) is 4.79 Å². The maximum Gasteiger partial charge on any atom is 0.338 e. The number of aryl methyl sites for hydroxylation is 1. The standard InChI is InChI=1S/C24H24N2O5S/c1-17-11-13-21(14-12-17)26-23(27)18(2)31-24(28)20-9-6-10-22(15-20)32(29,30)25-16-19-7-4-3-5-8-19/h3-15,18,25H,16H2,1-2H3,(H,26,27)/t18-/m1/s1. The van der Waals surface area contributed by atoms with Crippen LogP contribution in [0.4, 0.5) is 5.69 Å². The number of ether oxygens (including phenoxy) is 1. The number of anilines is 1. The molecule has 8 heteroatoms. The van der Waals surface area contributed by atoms with Crippen LogP contribution in [-0.2, 0) is 26.1 Å². The van der Waals surface area contributed by atoms with Gasteiger partial charge in [0.25, 0.3) is 5.91 Å². The van der Waals surface area contributed by atoms with Crippen molar-refractivity contribution in [1.82, 2.24) is 4.72 Å². The summed E-state index contributed by atoms with van der Waals surface area (Å²) in [5, 5.41) is 2.67. The predicted octanol–water partition coefficient (Wildman–Crippen LogP) is 3.66. The number of hydrogen-bond donors (Lipinski definition) is 2. The minimum absolute atomic E-state index is 0.0302. The Morgan fingerprint density at radius 1 is 0.938 bits per heavy atom. The maximum absolute atomic E-state index is 12.6. The van der Waals surface area contributed by atoms with Gasteiger partial charge in [-0.15, -0.1) is 0 Å². The molecule has 0 aliphatic carbocycles. The molecule has 32 heavy (non-hydrogen) atoms. The van der Waals surface area contributed by atoms with E-state index in [4.69, 9.17) is 4.74 Å². The Morgan fingerprint density at radius 2 is 1.62 bits per heavy atom. The molecule has 7 nitrogen and oxygen atoms in total. The second-order valence-corrected chi connectivity index (χ2v) is 9.01. The highest BCUT2D eigenvalue weighted by atomic mass is 32.2. The first-order chi connectivity index (χ1) is 15.2. The molecule has 166 valence electrons. The molecule has 0 heterocycles. The summed E-state index contributed by atoms with van der Waals surface area (Å²) in [5.74, 6) is -1.29. The van der Waals surface area contributed by atoms with Crippen molar-refractivity contribution in [2.24, 2.45) is 0 Å². The normalized spacial score (nSPS) is 12.1. The highest BCUT2D eigenvalue weighted by molar-refractivity contribution is 7.89. The molecular weight excluding hydrogens is 428 g/mol. The number of rotatable bonds is 8. The third kappa shape index (κ3) is 6.26. The number of esters is 1. The van der Waals surface area contributed by atoms with Crippen LogP contribution in [0, 0.1) is 6.92 Å². The number of carbonyl (C=O) groups excluding carboxylic acids is 2. The summed E-state index contributed by atoms with van der Waals surface area (Å²) < 4.78 is 32.9. The van der Waals surface area contributed by atoms with E-state index in [1.165, 1.54) is 31.2 Å². The SMILES string of the molecule is Cc1ccc(NC(=O)[C@@H](C)OC(=O)c2cccc(S(=O)(=O)NCc3ccccc3)c2)cc1. The van der Waals surface area contributed by atoms with Crippen LogP contribution in [0.25, 0.3) is 0 Å². The summed E-state index contributed by atoms with van der Waals surface area (Å²) >= 11 is 0. The van der Waals surface area contributed by atoms with Crippen molar-refractivity contribution in [2.45, 2.75) is 31.4 Å². The van der Waals surface area contributed by atoms with E-state index in [0.717, 1.165) is 11.1 Å². The molecule has 0 aliphatic rings. The third-order valence-corrected chi connectivity index (χ3v) is 6.06. The highest BCUT2D eigenvalue weighted by Gasteiger charge is 2.21. The van der Waals surface area contributed by atoms with Gasteiger partial charge in [-0.1, -0.05) is 54.1 Å². The van der Waals surface area contributed by atoms with Gasteiger partial charge in [0.2, 0.25) is 10.0 Å². The summed E-state index contributed by atoms with van der Waals surface area (Å²) in [4.78, 5) is 24.7. The second-order valence-electron chi connectivity index (χ2n) is 7.24. The fraction of sp³-hybridized carbons (Fsp3) is 0.167. The number of sulfonamides is 1. The number of hydrogen-bond acceptors (Lipinski definition) is 5. The van der Waals surface area contributed by atoms with Crippen LogP contribution in [-0.4, -0.2) is 26.4 Å². The molecule has 0 bridgehead atoms. The topological polar surface area (TPSA) is 102 Å². The molecule has 0 spiro atoms. The summed E-state index contributed by atoms with van der Waals surface area (Å²) in [6, 6.07) is 21.8. The number of nitrogens with one attached hydrogen (secondary N) is 2. The molecule has 2 N–H and O–H groups in total. The number of benzene rings is 3. The van der Waals surface area contributed by atoms with Gasteiger partial charge in [-0.05, 0) is 49.7 Å². The average molecular weight is 453 g/mol. The van der Waals surface area contributed by atoms with Crippen LogP contribution in [0.1, 0.15) is 28.4 Å². The zero-order valence-corrected chi connectivity index (χ0v) is 18.6. The lowest BCUT2D eigenvalue weighted by Crippen LogP contribution is -2.30. The molecule has 0 unspecified atom stereocenters. The second kappa shape index (κ2) is 10.2. The first-order valence-electron chi connectivity index (χ1n) is 9.97. The molecule has 0 fully saturated rings. The van der Waals surface area contributed by atoms with Gasteiger partial charge >= 0.3 is 5.97 Å². The monoisotopic (exact) mass is 452 g/mol. The molecule has 0 aromatic heterocycles. The van der Waals surface area contributed by atoms with E-state index in [1.54, 1.807) is 24.3 Å². The van der Waals surface area contributed by atoms with E-state index < -0.39 is 28.0 Å². The molecule has 1 amide bonds. The van der Waals surface area contributed by atoms with Crippen LogP contribution in [0.2, 0.25) is 0 Å². The molecule has 0 aliphatic heterocycles. The summed E-state index contributed by atoms with van der Waals surface area (Å²) in [6.45, 7) is 3.50. The van der Waals surface area contributed by atoms with E-state index in [0.29, 0.717) is 5.69 Å². The van der Waals surface area contributed by atoms with Crippen LogP contribution >= 0.6 is 0 Å². The van der Waals surface area contributed by atoms with Crippen molar-refractivity contribution in [3.05, 3.63) is 95.6 Å². The molecule has 1 atom stereocenters. The van der Waals surface area contributed by atoms with E-state index in [-0.39, 0.29) is 17.0 Å². The first-order valence-corrected chi connectivity index (χ1v) is 11.4. The lowest BCUT2D eigenvalue weighted by molar-refractivity contribution is -0.123. The Kier molecular flexibility index (Phi) is 7.40. The Balaban J connectivity index is 1.63. The molecular formula is C24H24N2O5S. The summed E-state index contributed by atoms with van der Waals surface area (Å²) in [6.07, 6.45) is -1.07. The van der Waals surface area contributed by atoms with Crippen molar-refractivity contribution < 1.29 is 22.7 Å². The zero-order valence-electron chi connectivity index (χ0n) is 17.7. The van der Waals surface area contributed by atoms with E-state index in [1.807, 2.05) is 37.3 Å². The Hall–Kier alpha value is -3.49. The van der Waals surface area contributed by atoms with Crippen molar-refractivity contribution >= 4 is 27.6 Å². The molecule has 0 radical (unpaired) electrons. The number of amides is 1. The quantitative estimate of drug-likeness (QED) is 0.508. The van der Waals surface area contributed by atoms with Gasteiger partial charge < -0.3 is 10.1 Å². The Labute approximate surface area is 187 Å². The fourth-order valence-corrected chi connectivity index (χ4v) is 3.87. The van der Waals surface area contributed by atoms with Gasteiger partial charge in [0.15, 0.2) is 6.10 Å². The lowest BCUT2D eigenvalue weighted by atomic mass is 10.2. The van der Waals surface area contributed by atoms with Crippen molar-refractivity contribution in [2.75, 3.05) is 5.32 Å². The molecule has 0 saturated carbocycles. The van der Waals surface area contributed by atoms with Gasteiger partial charge in [-0.25, -0.2) is 17.9 Å². The Bertz CT molecular complexity index is 1190. The van der Waals surface area contributed by atoms with E-state index in [9.17, 15) is 18.0 Å². The van der Waals surface area contributed by atoms with Crippen LogP contribution in [0.15, 0.2) is 83.8 Å². The van der Waals surface area contributed by atoms with Gasteiger partial charge in [0, 0.05) is 12.2 Å². The fourth-order valence-electron chi connectivity index (χ4n) is 2.81. The van der Waals surface area contributed by atoms with Crippen LogP contribution in [0.5, 0.6) is 0 Å². The largest absolute Gasteiger partial charge is 0.449 e. The van der Waals surface area contributed by atoms with Crippen LogP contribution in [0.3, 0.4) is 0 Å². The lowest BCUT2D eigenvalue weighted by Gasteiger charge is -2.14. The number of carbonyl (C=O) groups is 2. The molecule has 3 aromatic carbocycles. The smallest absolute Gasteiger partial charge is 0.338 e. The average Bonchev–Trinajstić information content (AvgIpc) is 2.80. The van der Waals surface area contributed by atoms with Gasteiger partial charge in [-0.2, -0.15) is 0 Å². The van der Waals surface area contributed by atoms with Gasteiger partial charge in [0.05, 0.1) is 10.5 Å². The van der Waals surface area contributed by atoms with E-state index in [2.05, 4.69) is 10.0 Å². The minimum atomic E-state index is -3.84. The van der Waals surface area contributed by atoms with Gasteiger partial charge in [0.1, 0.15) is 0 Å². The summed E-state index contributed by atoms with van der Waals surface area (Å²) in [5.41, 5.74) is 2.47. The molecule has 0 saturated heterocycles. The summed E-state index contributed by atoms with van der Waals surface area (Å²) in [7, 11) is -3.84. The third-order valence-electron chi connectivity index (χ3n) is 4.66. The minimum Gasteiger partial charge on any atom is -0.449 e. The van der Waals surface area contributed by atoms with Crippen LogP contribution < -0.4 is 10.0 Å². The van der Waals surface area contributed by atoms with Crippen molar-refractivity contribution in [1.29, 1.82) is 0 Å². The van der Waals surface area contributed by atoms with Crippen molar-refractivity contribution in [3.8, 4) is 0 Å². The molecule has 3 aromatic rings. The maximum atomic E-state index is 12.6. The Morgan fingerprint density at radius 3 is 2.31 bits per heavy atom. The zero-order chi connectivity index (χ0) is 23.1. The molecule has 3 rings (SSSR count). The highest BCUT2D eigenvalue weighted by Crippen LogP contribution is 2.15.